The van der Waals surface area contributed by atoms with Crippen molar-refractivity contribution in [1.82, 2.24) is 0 Å². The van der Waals surface area contributed by atoms with Crippen LogP contribution in [-0.4, -0.2) is 16.2 Å². The van der Waals surface area contributed by atoms with Crippen molar-refractivity contribution in [2.45, 2.75) is 78.6 Å². The summed E-state index contributed by atoms with van der Waals surface area (Å²) in [7, 11) is 0. The third-order valence-corrected chi connectivity index (χ3v) is 4.80. The minimum absolute atomic E-state index is 0.0131. The normalized spacial score (nSPS) is 16.0. The molecule has 0 aromatic heterocycles. The van der Waals surface area contributed by atoms with E-state index in [2.05, 4.69) is 26.5 Å². The summed E-state index contributed by atoms with van der Waals surface area (Å²) in [6.45, 7) is 11.8. The lowest BCUT2D eigenvalue weighted by Gasteiger charge is -2.24. The first kappa shape index (κ1) is 22.8. The number of carboxylic acids is 1. The molecule has 27 heavy (non-hydrogen) atoms. The zero-order valence-electron chi connectivity index (χ0n) is 17.2. The van der Waals surface area contributed by atoms with Gasteiger partial charge < -0.3 is 14.9 Å². The fraction of sp³-hybridized carbons (Fsp3) is 0.522. The van der Waals surface area contributed by atoms with Gasteiger partial charge in [0.05, 0.1) is 6.26 Å². The number of carbonyl (C=O) groups is 1. The molecular weight excluding hydrogens is 340 g/mol. The van der Waals surface area contributed by atoms with Crippen molar-refractivity contribution in [2.24, 2.45) is 0 Å². The molecule has 2 rings (SSSR count). The van der Waals surface area contributed by atoms with Crippen LogP contribution in [-0.2, 0) is 6.42 Å². The van der Waals surface area contributed by atoms with Crippen molar-refractivity contribution in [3.63, 3.8) is 0 Å². The van der Waals surface area contributed by atoms with Gasteiger partial charge in [0.2, 0.25) is 0 Å². The van der Waals surface area contributed by atoms with Crippen LogP contribution >= 0.6 is 0 Å². The second kappa shape index (κ2) is 11.5. The molecule has 0 saturated heterocycles. The highest BCUT2D eigenvalue weighted by Crippen LogP contribution is 2.44. The SMILES string of the molecule is C=COc1cc(CCCCC)c(C(=O)O)c(O)c1[C@@H]1C=C(C)CCC1.CC. The maximum atomic E-state index is 11.8. The monoisotopic (exact) mass is 374 g/mol. The van der Waals surface area contributed by atoms with E-state index in [1.54, 1.807) is 6.07 Å². The molecule has 1 atom stereocenters. The van der Waals surface area contributed by atoms with Gasteiger partial charge in [-0.25, -0.2) is 4.79 Å². The number of carboxylic acid groups (broad SMARTS) is 1. The first-order valence-corrected chi connectivity index (χ1v) is 10.1. The van der Waals surface area contributed by atoms with Gasteiger partial charge in [0.15, 0.2) is 0 Å². The molecule has 4 nitrogen and oxygen atoms in total. The number of unbranched alkanes of at least 4 members (excludes halogenated alkanes) is 2. The molecule has 0 bridgehead atoms. The van der Waals surface area contributed by atoms with Gasteiger partial charge in [0.1, 0.15) is 17.1 Å². The quantitative estimate of drug-likeness (QED) is 0.306. The Morgan fingerprint density at radius 2 is 2.07 bits per heavy atom. The summed E-state index contributed by atoms with van der Waals surface area (Å²) in [5, 5.41) is 20.5. The number of aromatic carboxylic acids is 1. The highest BCUT2D eigenvalue weighted by molar-refractivity contribution is 5.94. The number of aryl methyl sites for hydroxylation is 1. The molecule has 0 fully saturated rings. The molecule has 0 aliphatic heterocycles. The van der Waals surface area contributed by atoms with E-state index in [0.29, 0.717) is 23.3 Å². The molecule has 1 aliphatic carbocycles. The Hall–Kier alpha value is -2.23. The number of allylic oxidation sites excluding steroid dienone is 2. The van der Waals surface area contributed by atoms with Gasteiger partial charge in [-0.15, -0.1) is 0 Å². The third-order valence-electron chi connectivity index (χ3n) is 4.80. The lowest BCUT2D eigenvalue weighted by Crippen LogP contribution is -2.10. The first-order valence-electron chi connectivity index (χ1n) is 10.1. The van der Waals surface area contributed by atoms with Crippen LogP contribution in [0.2, 0.25) is 0 Å². The Kier molecular flexibility index (Phi) is 9.70. The van der Waals surface area contributed by atoms with Crippen molar-refractivity contribution in [3.8, 4) is 11.5 Å². The molecular formula is C23H34O4. The van der Waals surface area contributed by atoms with E-state index in [1.165, 1.54) is 11.8 Å². The molecule has 0 amide bonds. The zero-order chi connectivity index (χ0) is 20.4. The number of hydrogen-bond acceptors (Lipinski definition) is 3. The fourth-order valence-electron chi connectivity index (χ4n) is 3.60. The third kappa shape index (κ3) is 5.88. The van der Waals surface area contributed by atoms with Crippen LogP contribution in [0.3, 0.4) is 0 Å². The van der Waals surface area contributed by atoms with E-state index in [0.717, 1.165) is 38.5 Å². The van der Waals surface area contributed by atoms with Gasteiger partial charge in [0.25, 0.3) is 0 Å². The van der Waals surface area contributed by atoms with Crippen LogP contribution in [0.25, 0.3) is 0 Å². The average molecular weight is 375 g/mol. The number of benzene rings is 1. The predicted octanol–water partition coefficient (Wildman–Crippen LogP) is 6.59. The lowest BCUT2D eigenvalue weighted by molar-refractivity contribution is 0.0692. The Morgan fingerprint density at radius 3 is 2.63 bits per heavy atom. The van der Waals surface area contributed by atoms with Crippen molar-refractivity contribution in [1.29, 1.82) is 0 Å². The number of hydrogen-bond donors (Lipinski definition) is 2. The maximum Gasteiger partial charge on any atom is 0.339 e. The first-order chi connectivity index (χ1) is 13.0. The molecule has 0 spiro atoms. The van der Waals surface area contributed by atoms with Crippen LogP contribution in [0.1, 0.15) is 93.6 Å². The van der Waals surface area contributed by atoms with Gasteiger partial charge in [-0.2, -0.15) is 0 Å². The second-order valence-corrected chi connectivity index (χ2v) is 6.73. The van der Waals surface area contributed by atoms with Crippen molar-refractivity contribution in [2.75, 3.05) is 0 Å². The highest BCUT2D eigenvalue weighted by atomic mass is 16.5. The number of ether oxygens (including phenoxy) is 1. The zero-order valence-corrected chi connectivity index (χ0v) is 17.2. The standard InChI is InChI=1S/C21H28O4.C2H6/c1-4-6-7-10-16-13-17(25-5-2)18(20(22)19(16)21(23)24)15-11-8-9-14(3)12-15;1-2/h5,12-13,15,22H,2,4,6-11H2,1,3H3,(H,23,24);1-2H3/t15-;/m0./s1. The summed E-state index contributed by atoms with van der Waals surface area (Å²) in [6, 6.07) is 1.77. The Morgan fingerprint density at radius 1 is 1.37 bits per heavy atom. The van der Waals surface area contributed by atoms with Crippen LogP contribution in [0.4, 0.5) is 0 Å². The summed E-state index contributed by atoms with van der Waals surface area (Å²) >= 11 is 0. The minimum atomic E-state index is -1.09. The molecule has 150 valence electrons. The minimum Gasteiger partial charge on any atom is -0.507 e. The predicted molar refractivity (Wildman–Crippen MR) is 111 cm³/mol. The van der Waals surface area contributed by atoms with Gasteiger partial charge in [-0.3, -0.25) is 0 Å². The summed E-state index contributed by atoms with van der Waals surface area (Å²) in [5.74, 6) is -0.771. The summed E-state index contributed by atoms with van der Waals surface area (Å²) in [4.78, 5) is 11.8. The molecule has 1 aliphatic rings. The molecule has 0 heterocycles. The van der Waals surface area contributed by atoms with E-state index in [4.69, 9.17) is 4.74 Å². The van der Waals surface area contributed by atoms with Crippen molar-refractivity contribution >= 4 is 5.97 Å². The van der Waals surface area contributed by atoms with E-state index in [-0.39, 0.29) is 17.2 Å². The molecule has 2 N–H and O–H groups in total. The summed E-state index contributed by atoms with van der Waals surface area (Å²) in [6.07, 6.45) is 9.91. The average Bonchev–Trinajstić information content (AvgIpc) is 2.63. The van der Waals surface area contributed by atoms with E-state index in [1.807, 2.05) is 13.8 Å². The number of rotatable bonds is 8. The summed E-state index contributed by atoms with van der Waals surface area (Å²) in [5.41, 5.74) is 2.45. The number of phenols is 1. The summed E-state index contributed by atoms with van der Waals surface area (Å²) < 4.78 is 5.57. The highest BCUT2D eigenvalue weighted by Gasteiger charge is 2.28. The van der Waals surface area contributed by atoms with Crippen LogP contribution in [0.5, 0.6) is 11.5 Å². The molecule has 1 aromatic carbocycles. The lowest BCUT2D eigenvalue weighted by atomic mass is 9.83. The van der Waals surface area contributed by atoms with Gasteiger partial charge in [-0.05, 0) is 50.7 Å². The van der Waals surface area contributed by atoms with Crippen LogP contribution in [0.15, 0.2) is 30.6 Å². The van der Waals surface area contributed by atoms with E-state index >= 15 is 0 Å². The largest absolute Gasteiger partial charge is 0.507 e. The smallest absolute Gasteiger partial charge is 0.339 e. The molecule has 0 radical (unpaired) electrons. The van der Waals surface area contributed by atoms with Gasteiger partial charge in [0, 0.05) is 11.5 Å². The number of aromatic hydroxyl groups is 1. The molecule has 4 heteroatoms. The Balaban J connectivity index is 0.00000176. The van der Waals surface area contributed by atoms with Crippen LogP contribution in [0, 0.1) is 0 Å². The fourth-order valence-corrected chi connectivity index (χ4v) is 3.60. The Bertz CT molecular complexity index is 673. The molecule has 0 saturated carbocycles. The second-order valence-electron chi connectivity index (χ2n) is 6.73. The van der Waals surface area contributed by atoms with Crippen molar-refractivity contribution < 1.29 is 19.7 Å². The molecule has 0 unspecified atom stereocenters. The van der Waals surface area contributed by atoms with Gasteiger partial charge >= 0.3 is 5.97 Å². The van der Waals surface area contributed by atoms with Gasteiger partial charge in [-0.1, -0.05) is 51.8 Å². The molecule has 1 aromatic rings. The van der Waals surface area contributed by atoms with Crippen molar-refractivity contribution in [3.05, 3.63) is 47.2 Å². The van der Waals surface area contributed by atoms with E-state index in [9.17, 15) is 15.0 Å². The topological polar surface area (TPSA) is 66.8 Å². The maximum absolute atomic E-state index is 11.8. The van der Waals surface area contributed by atoms with E-state index < -0.39 is 5.97 Å². The Labute approximate surface area is 163 Å². The van der Waals surface area contributed by atoms with Crippen LogP contribution < -0.4 is 4.74 Å².